The van der Waals surface area contributed by atoms with E-state index in [0.717, 1.165) is 0 Å². The number of nitro groups is 1. The fourth-order valence-electron chi connectivity index (χ4n) is 1.69. The molecule has 9 heteroatoms. The Morgan fingerprint density at radius 1 is 1.52 bits per heavy atom. The number of aromatic nitrogens is 2. The van der Waals surface area contributed by atoms with Gasteiger partial charge in [0.1, 0.15) is 0 Å². The van der Waals surface area contributed by atoms with Crippen LogP contribution in [0.15, 0.2) is 35.2 Å². The second-order valence-corrected chi connectivity index (χ2v) is 6.71. The first-order valence-corrected chi connectivity index (χ1v) is 8.40. The molecule has 0 saturated carbocycles. The van der Waals surface area contributed by atoms with E-state index in [9.17, 15) is 14.9 Å². The van der Waals surface area contributed by atoms with Crippen molar-refractivity contribution in [1.29, 1.82) is 0 Å². The monoisotopic (exact) mass is 350 g/mol. The molecule has 2 rings (SSSR count). The highest BCUT2D eigenvalue weighted by Gasteiger charge is 2.16. The van der Waals surface area contributed by atoms with Gasteiger partial charge in [0.15, 0.2) is 10.1 Å². The largest absolute Gasteiger partial charge is 0.357 e. The maximum atomic E-state index is 12.2. The first-order chi connectivity index (χ1) is 11.0. The zero-order valence-corrected chi connectivity index (χ0v) is 13.9. The number of hydrogen-bond acceptors (Lipinski definition) is 8. The summed E-state index contributed by atoms with van der Waals surface area (Å²) >= 11 is 2.60. The van der Waals surface area contributed by atoms with Crippen molar-refractivity contribution in [3.8, 4) is 0 Å². The predicted octanol–water partition coefficient (Wildman–Crippen LogP) is 3.33. The zero-order valence-electron chi connectivity index (χ0n) is 12.3. The van der Waals surface area contributed by atoms with E-state index in [1.54, 1.807) is 25.1 Å². The van der Waals surface area contributed by atoms with Crippen LogP contribution in [0.5, 0.6) is 0 Å². The number of benzene rings is 1. The fourth-order valence-corrected chi connectivity index (χ4v) is 3.34. The minimum absolute atomic E-state index is 0.0484. The molecule has 2 aromatic rings. The lowest BCUT2D eigenvalue weighted by Gasteiger charge is -2.01. The summed E-state index contributed by atoms with van der Waals surface area (Å²) in [5.41, 5.74) is 0.804. The summed E-state index contributed by atoms with van der Waals surface area (Å²) in [7, 11) is 0. The van der Waals surface area contributed by atoms with Crippen LogP contribution in [0.25, 0.3) is 0 Å². The van der Waals surface area contributed by atoms with Crippen LogP contribution in [0.2, 0.25) is 0 Å². The van der Waals surface area contributed by atoms with Gasteiger partial charge in [0.05, 0.1) is 10.7 Å². The van der Waals surface area contributed by atoms with Crippen molar-refractivity contribution in [2.45, 2.75) is 11.3 Å². The van der Waals surface area contributed by atoms with E-state index in [1.807, 2.05) is 0 Å². The molecule has 120 valence electrons. The third kappa shape index (κ3) is 4.60. The molecule has 0 bridgehead atoms. The molecule has 1 heterocycles. The molecular formula is C14H14N4O3S2. The summed E-state index contributed by atoms with van der Waals surface area (Å²) in [6.07, 6.45) is 1.71. The van der Waals surface area contributed by atoms with E-state index in [2.05, 4.69) is 22.1 Å². The van der Waals surface area contributed by atoms with Gasteiger partial charge in [-0.15, -0.1) is 16.8 Å². The van der Waals surface area contributed by atoms with Gasteiger partial charge in [-0.1, -0.05) is 41.3 Å². The van der Waals surface area contributed by atoms with Gasteiger partial charge in [-0.2, -0.15) is 0 Å². The highest BCUT2D eigenvalue weighted by Crippen LogP contribution is 2.27. The molecule has 1 N–H and O–H groups in total. The Labute approximate surface area is 141 Å². The Morgan fingerprint density at radius 2 is 2.30 bits per heavy atom. The van der Waals surface area contributed by atoms with Gasteiger partial charge in [-0.3, -0.25) is 14.9 Å². The number of thioether (sulfide) groups is 1. The van der Waals surface area contributed by atoms with Gasteiger partial charge >= 0.3 is 0 Å². The van der Waals surface area contributed by atoms with Crippen molar-refractivity contribution < 1.29 is 9.72 Å². The first-order valence-electron chi connectivity index (χ1n) is 6.60. The third-order valence-corrected chi connectivity index (χ3v) is 4.87. The number of rotatable bonds is 8. The van der Waals surface area contributed by atoms with Crippen LogP contribution >= 0.6 is 23.1 Å². The molecule has 0 radical (unpaired) electrons. The maximum Gasteiger partial charge on any atom is 0.273 e. The molecule has 0 spiro atoms. The lowest BCUT2D eigenvalue weighted by Crippen LogP contribution is -2.04. The van der Waals surface area contributed by atoms with Crippen molar-refractivity contribution >= 4 is 39.7 Å². The van der Waals surface area contributed by atoms with Crippen LogP contribution < -0.4 is 5.32 Å². The lowest BCUT2D eigenvalue weighted by atomic mass is 10.1. The molecule has 0 aliphatic carbocycles. The van der Waals surface area contributed by atoms with Crippen LogP contribution in [0.3, 0.4) is 0 Å². The number of anilines is 1. The zero-order chi connectivity index (χ0) is 16.8. The van der Waals surface area contributed by atoms with E-state index in [4.69, 9.17) is 0 Å². The number of nitrogens with zero attached hydrogens (tertiary/aromatic N) is 3. The SMILES string of the molecule is C=CCNc1nnc(SCC(=O)c2ccc(C)c([N+](=O)[O-])c2)s1. The lowest BCUT2D eigenvalue weighted by molar-refractivity contribution is -0.385. The summed E-state index contributed by atoms with van der Waals surface area (Å²) in [5.74, 6) is -0.0371. The van der Waals surface area contributed by atoms with Gasteiger partial charge in [-0.25, -0.2) is 0 Å². The average molecular weight is 350 g/mol. The van der Waals surface area contributed by atoms with Gasteiger partial charge in [0.25, 0.3) is 5.69 Å². The Bertz CT molecular complexity index is 745. The number of nitrogens with one attached hydrogen (secondary N) is 1. The molecule has 0 aliphatic heterocycles. The summed E-state index contributed by atoms with van der Waals surface area (Å²) in [5, 5.41) is 22.5. The standard InChI is InChI=1S/C14H14N4O3S2/c1-3-6-15-13-16-17-14(23-13)22-8-12(19)10-5-4-9(2)11(7-10)18(20)21/h3-5,7H,1,6,8H2,2H3,(H,15,16). The third-order valence-electron chi connectivity index (χ3n) is 2.86. The quantitative estimate of drug-likeness (QED) is 0.256. The van der Waals surface area contributed by atoms with Gasteiger partial charge in [0.2, 0.25) is 5.13 Å². The Hall–Kier alpha value is -2.26. The normalized spacial score (nSPS) is 10.3. The average Bonchev–Trinajstić information content (AvgIpc) is 2.98. The minimum atomic E-state index is -0.485. The van der Waals surface area contributed by atoms with E-state index < -0.39 is 4.92 Å². The van der Waals surface area contributed by atoms with Crippen molar-refractivity contribution in [1.82, 2.24) is 10.2 Å². The van der Waals surface area contributed by atoms with Gasteiger partial charge in [-0.05, 0) is 6.92 Å². The summed E-state index contributed by atoms with van der Waals surface area (Å²) in [6.45, 7) is 5.83. The second-order valence-electron chi connectivity index (χ2n) is 4.51. The van der Waals surface area contributed by atoms with Crippen molar-refractivity contribution in [3.63, 3.8) is 0 Å². The van der Waals surface area contributed by atoms with Crippen LogP contribution in [-0.2, 0) is 0 Å². The van der Waals surface area contributed by atoms with Gasteiger partial charge in [0, 0.05) is 23.7 Å². The molecule has 0 aliphatic rings. The smallest absolute Gasteiger partial charge is 0.273 e. The van der Waals surface area contributed by atoms with E-state index in [-0.39, 0.29) is 17.2 Å². The maximum absolute atomic E-state index is 12.2. The van der Waals surface area contributed by atoms with Crippen molar-refractivity contribution in [3.05, 3.63) is 52.1 Å². The van der Waals surface area contributed by atoms with Crippen LogP contribution in [0, 0.1) is 17.0 Å². The number of Topliss-reactive ketones (excluding diaryl/α,β-unsaturated/α-hetero) is 1. The number of aryl methyl sites for hydroxylation is 1. The Morgan fingerprint density at radius 3 is 3.00 bits per heavy atom. The molecular weight excluding hydrogens is 336 g/mol. The molecule has 0 amide bonds. The van der Waals surface area contributed by atoms with Gasteiger partial charge < -0.3 is 5.32 Å². The first kappa shape index (κ1) is 17.1. The minimum Gasteiger partial charge on any atom is -0.357 e. The molecule has 1 aromatic heterocycles. The fraction of sp³-hybridized carbons (Fsp3) is 0.214. The predicted molar refractivity (Wildman–Crippen MR) is 91.5 cm³/mol. The number of carbonyl (C=O) groups excluding carboxylic acids is 1. The molecule has 0 fully saturated rings. The van der Waals surface area contributed by atoms with Crippen molar-refractivity contribution in [2.24, 2.45) is 0 Å². The number of ketones is 1. The summed E-state index contributed by atoms with van der Waals surface area (Å²) in [4.78, 5) is 22.6. The Balaban J connectivity index is 1.99. The van der Waals surface area contributed by atoms with E-state index in [1.165, 1.54) is 29.2 Å². The molecule has 1 aromatic carbocycles. The molecule has 0 atom stereocenters. The highest BCUT2D eigenvalue weighted by molar-refractivity contribution is 8.01. The number of hydrogen-bond donors (Lipinski definition) is 1. The Kier molecular flexibility index (Phi) is 5.83. The molecule has 7 nitrogen and oxygen atoms in total. The number of carbonyl (C=O) groups is 1. The van der Waals surface area contributed by atoms with E-state index in [0.29, 0.717) is 27.1 Å². The topological polar surface area (TPSA) is 98.0 Å². The van der Waals surface area contributed by atoms with E-state index >= 15 is 0 Å². The highest BCUT2D eigenvalue weighted by atomic mass is 32.2. The van der Waals surface area contributed by atoms with Crippen LogP contribution in [0.4, 0.5) is 10.8 Å². The number of nitro benzene ring substituents is 1. The van der Waals surface area contributed by atoms with Crippen LogP contribution in [-0.4, -0.2) is 33.2 Å². The molecule has 0 saturated heterocycles. The van der Waals surface area contributed by atoms with Crippen molar-refractivity contribution in [2.75, 3.05) is 17.6 Å². The van der Waals surface area contributed by atoms with Crippen LogP contribution in [0.1, 0.15) is 15.9 Å². The summed E-state index contributed by atoms with van der Waals surface area (Å²) in [6, 6.07) is 4.50. The molecule has 0 unspecified atom stereocenters. The molecule has 23 heavy (non-hydrogen) atoms. The summed E-state index contributed by atoms with van der Waals surface area (Å²) < 4.78 is 0.659. The second kappa shape index (κ2) is 7.84.